The molecule has 2 heterocycles. The topological polar surface area (TPSA) is 48.2 Å². The predicted molar refractivity (Wildman–Crippen MR) is 102 cm³/mol. The maximum Gasteiger partial charge on any atom is 0.258 e. The summed E-state index contributed by atoms with van der Waals surface area (Å²) in [5, 5.41) is 6.05. The van der Waals surface area contributed by atoms with Gasteiger partial charge in [-0.1, -0.05) is 39.3 Å². The van der Waals surface area contributed by atoms with Crippen molar-refractivity contribution in [3.63, 3.8) is 0 Å². The highest BCUT2D eigenvalue weighted by Crippen LogP contribution is 2.26. The van der Waals surface area contributed by atoms with E-state index in [9.17, 15) is 0 Å². The summed E-state index contributed by atoms with van der Waals surface area (Å²) >= 11 is 5.00. The molecular formula is C19H13BrN2O2S. The van der Waals surface area contributed by atoms with Crippen LogP contribution in [-0.2, 0) is 6.61 Å². The lowest BCUT2D eigenvalue weighted by Gasteiger charge is -2.07. The maximum atomic E-state index is 5.82. The highest BCUT2D eigenvalue weighted by molar-refractivity contribution is 9.10. The van der Waals surface area contributed by atoms with Crippen molar-refractivity contribution < 1.29 is 9.26 Å². The molecule has 0 amide bonds. The van der Waals surface area contributed by atoms with E-state index in [0.717, 1.165) is 26.2 Å². The van der Waals surface area contributed by atoms with Gasteiger partial charge in [0.25, 0.3) is 5.89 Å². The fourth-order valence-corrected chi connectivity index (χ4v) is 3.25. The average molecular weight is 413 g/mol. The first kappa shape index (κ1) is 16.1. The van der Waals surface area contributed by atoms with Gasteiger partial charge in [-0.05, 0) is 53.4 Å². The molecule has 4 rings (SSSR count). The molecular weight excluding hydrogens is 400 g/mol. The molecule has 124 valence electrons. The number of thiophene rings is 1. The molecule has 0 saturated carbocycles. The molecule has 4 aromatic rings. The van der Waals surface area contributed by atoms with Gasteiger partial charge in [0.2, 0.25) is 5.82 Å². The summed E-state index contributed by atoms with van der Waals surface area (Å²) < 4.78 is 12.2. The van der Waals surface area contributed by atoms with Crippen molar-refractivity contribution in [3.8, 4) is 27.9 Å². The van der Waals surface area contributed by atoms with Gasteiger partial charge in [-0.25, -0.2) is 0 Å². The highest BCUT2D eigenvalue weighted by atomic mass is 79.9. The van der Waals surface area contributed by atoms with Crippen LogP contribution in [-0.4, -0.2) is 10.1 Å². The van der Waals surface area contributed by atoms with Crippen LogP contribution in [0, 0.1) is 0 Å². The lowest BCUT2D eigenvalue weighted by molar-refractivity contribution is 0.306. The SMILES string of the molecule is Brc1ccc(OCc2cccc(-c3nc(-c4cccs4)no3)c2)cc1. The van der Waals surface area contributed by atoms with Gasteiger partial charge >= 0.3 is 0 Å². The maximum absolute atomic E-state index is 5.82. The number of benzene rings is 2. The van der Waals surface area contributed by atoms with E-state index in [2.05, 4.69) is 26.1 Å². The molecule has 0 atom stereocenters. The second kappa shape index (κ2) is 7.21. The van der Waals surface area contributed by atoms with Crippen LogP contribution in [0.2, 0.25) is 0 Å². The molecule has 4 nitrogen and oxygen atoms in total. The van der Waals surface area contributed by atoms with Gasteiger partial charge in [0, 0.05) is 10.0 Å². The molecule has 0 bridgehead atoms. The third-order valence-electron chi connectivity index (χ3n) is 3.56. The van der Waals surface area contributed by atoms with Crippen LogP contribution >= 0.6 is 27.3 Å². The lowest BCUT2D eigenvalue weighted by atomic mass is 10.1. The Hall–Kier alpha value is -2.44. The van der Waals surface area contributed by atoms with Crippen LogP contribution in [0.25, 0.3) is 22.2 Å². The smallest absolute Gasteiger partial charge is 0.258 e. The Bertz CT molecular complexity index is 965. The first-order chi connectivity index (χ1) is 12.3. The molecule has 0 aliphatic carbocycles. The first-order valence-electron chi connectivity index (χ1n) is 7.63. The van der Waals surface area contributed by atoms with E-state index < -0.39 is 0 Å². The zero-order chi connectivity index (χ0) is 17.1. The molecule has 0 fully saturated rings. The number of hydrogen-bond acceptors (Lipinski definition) is 5. The van der Waals surface area contributed by atoms with Gasteiger partial charge in [0.05, 0.1) is 4.88 Å². The summed E-state index contributed by atoms with van der Waals surface area (Å²) in [5.74, 6) is 1.95. The fraction of sp³-hybridized carbons (Fsp3) is 0.0526. The molecule has 2 aromatic heterocycles. The van der Waals surface area contributed by atoms with Gasteiger partial charge in [0.1, 0.15) is 12.4 Å². The number of aromatic nitrogens is 2. The van der Waals surface area contributed by atoms with Crippen LogP contribution in [0.1, 0.15) is 5.56 Å². The van der Waals surface area contributed by atoms with Crippen molar-refractivity contribution in [2.24, 2.45) is 0 Å². The predicted octanol–water partition coefficient (Wildman–Crippen LogP) is 5.81. The normalized spacial score (nSPS) is 10.8. The van der Waals surface area contributed by atoms with Crippen LogP contribution in [0.3, 0.4) is 0 Å². The largest absolute Gasteiger partial charge is 0.489 e. The van der Waals surface area contributed by atoms with Gasteiger partial charge < -0.3 is 9.26 Å². The minimum Gasteiger partial charge on any atom is -0.489 e. The third kappa shape index (κ3) is 3.81. The Morgan fingerprint density at radius 3 is 2.72 bits per heavy atom. The van der Waals surface area contributed by atoms with E-state index in [-0.39, 0.29) is 0 Å². The van der Waals surface area contributed by atoms with E-state index in [1.165, 1.54) is 0 Å². The number of hydrogen-bond donors (Lipinski definition) is 0. The van der Waals surface area contributed by atoms with Crippen molar-refractivity contribution in [1.82, 2.24) is 10.1 Å². The minimum absolute atomic E-state index is 0.474. The van der Waals surface area contributed by atoms with E-state index in [1.54, 1.807) is 11.3 Å². The van der Waals surface area contributed by atoms with Crippen molar-refractivity contribution in [1.29, 1.82) is 0 Å². The minimum atomic E-state index is 0.474. The quantitative estimate of drug-likeness (QED) is 0.415. The summed E-state index contributed by atoms with van der Waals surface area (Å²) in [6, 6.07) is 19.6. The van der Waals surface area contributed by atoms with Crippen LogP contribution in [0.5, 0.6) is 5.75 Å². The lowest BCUT2D eigenvalue weighted by Crippen LogP contribution is -1.95. The second-order valence-corrected chi connectivity index (χ2v) is 7.21. The molecule has 25 heavy (non-hydrogen) atoms. The molecule has 0 N–H and O–H groups in total. The van der Waals surface area contributed by atoms with Crippen molar-refractivity contribution in [3.05, 3.63) is 76.1 Å². The van der Waals surface area contributed by atoms with Crippen molar-refractivity contribution in [2.75, 3.05) is 0 Å². The van der Waals surface area contributed by atoms with Crippen LogP contribution in [0.15, 0.2) is 75.0 Å². The average Bonchev–Trinajstić information content (AvgIpc) is 3.33. The molecule has 0 saturated heterocycles. The summed E-state index contributed by atoms with van der Waals surface area (Å²) in [6.45, 7) is 0.474. The van der Waals surface area contributed by atoms with E-state index in [1.807, 2.05) is 66.0 Å². The van der Waals surface area contributed by atoms with E-state index in [4.69, 9.17) is 9.26 Å². The highest BCUT2D eigenvalue weighted by Gasteiger charge is 2.11. The molecule has 0 aliphatic heterocycles. The van der Waals surface area contributed by atoms with Gasteiger partial charge in [0.15, 0.2) is 0 Å². The van der Waals surface area contributed by atoms with E-state index >= 15 is 0 Å². The fourth-order valence-electron chi connectivity index (χ4n) is 2.34. The molecule has 0 aliphatic rings. The van der Waals surface area contributed by atoms with Gasteiger partial charge in [-0.15, -0.1) is 11.3 Å². The molecule has 0 radical (unpaired) electrons. The van der Waals surface area contributed by atoms with E-state index in [0.29, 0.717) is 18.3 Å². The number of rotatable bonds is 5. The standard InChI is InChI=1S/C19H13BrN2O2S/c20-15-6-8-16(9-7-15)23-12-13-3-1-4-14(11-13)19-21-18(22-24-19)17-5-2-10-25-17/h1-11H,12H2. The Labute approximate surface area is 157 Å². The monoisotopic (exact) mass is 412 g/mol. The zero-order valence-electron chi connectivity index (χ0n) is 13.1. The van der Waals surface area contributed by atoms with Crippen molar-refractivity contribution in [2.45, 2.75) is 6.61 Å². The third-order valence-corrected chi connectivity index (χ3v) is 4.96. The van der Waals surface area contributed by atoms with Crippen LogP contribution in [0.4, 0.5) is 0 Å². The molecule has 0 unspecified atom stereocenters. The number of halogens is 1. The summed E-state index contributed by atoms with van der Waals surface area (Å²) in [5.41, 5.74) is 1.92. The van der Waals surface area contributed by atoms with Crippen LogP contribution < -0.4 is 4.74 Å². The molecule has 6 heteroatoms. The number of ether oxygens (including phenoxy) is 1. The van der Waals surface area contributed by atoms with Gasteiger partial charge in [-0.2, -0.15) is 4.98 Å². The number of nitrogens with zero attached hydrogens (tertiary/aromatic N) is 2. The molecule has 0 spiro atoms. The Morgan fingerprint density at radius 2 is 1.92 bits per heavy atom. The second-order valence-electron chi connectivity index (χ2n) is 5.34. The summed E-state index contributed by atoms with van der Waals surface area (Å²) in [6.07, 6.45) is 0. The first-order valence-corrected chi connectivity index (χ1v) is 9.30. The summed E-state index contributed by atoms with van der Waals surface area (Å²) in [7, 11) is 0. The molecule has 2 aromatic carbocycles. The van der Waals surface area contributed by atoms with Crippen molar-refractivity contribution >= 4 is 27.3 Å². The Kier molecular flexibility index (Phi) is 4.63. The Morgan fingerprint density at radius 1 is 1.04 bits per heavy atom. The zero-order valence-corrected chi connectivity index (χ0v) is 15.5. The summed E-state index contributed by atoms with van der Waals surface area (Å²) in [4.78, 5) is 5.47. The Balaban J connectivity index is 1.50. The van der Waals surface area contributed by atoms with Gasteiger partial charge in [-0.3, -0.25) is 0 Å².